The summed E-state index contributed by atoms with van der Waals surface area (Å²) in [5, 5.41) is 9.28. The van der Waals surface area contributed by atoms with E-state index in [2.05, 4.69) is 15.7 Å². The average molecular weight is 366 g/mol. The fourth-order valence-electron chi connectivity index (χ4n) is 2.79. The van der Waals surface area contributed by atoms with Crippen molar-refractivity contribution in [2.75, 3.05) is 11.9 Å². The number of nitrogens with one attached hydrogen (secondary N) is 2. The zero-order valence-corrected chi connectivity index (χ0v) is 13.8. The number of amides is 2. The van der Waals surface area contributed by atoms with Gasteiger partial charge in [-0.3, -0.25) is 4.79 Å². The third-order valence-electron chi connectivity index (χ3n) is 4.10. The molecule has 0 saturated heterocycles. The molecule has 0 bridgehead atoms. The van der Waals surface area contributed by atoms with Crippen LogP contribution < -0.4 is 16.2 Å². The number of hydrogen-bond acceptors (Lipinski definition) is 3. The van der Waals surface area contributed by atoms with E-state index in [-0.39, 0.29) is 24.3 Å². The molecular formula is C17H17F3N4O2. The molecule has 0 radical (unpaired) electrons. The topological polar surface area (TPSA) is 76.0 Å². The largest absolute Gasteiger partial charge is 0.416 e. The van der Waals surface area contributed by atoms with Crippen molar-refractivity contribution in [1.29, 1.82) is 0 Å². The molecule has 9 heteroatoms. The quantitative estimate of drug-likeness (QED) is 0.873. The van der Waals surface area contributed by atoms with E-state index >= 15 is 0 Å². The van der Waals surface area contributed by atoms with Crippen molar-refractivity contribution >= 4 is 11.7 Å². The lowest BCUT2D eigenvalue weighted by Gasteiger charge is -2.10. The fourth-order valence-corrected chi connectivity index (χ4v) is 2.79. The van der Waals surface area contributed by atoms with Crippen molar-refractivity contribution in [3.8, 4) is 0 Å². The summed E-state index contributed by atoms with van der Waals surface area (Å²) < 4.78 is 38.8. The number of fused-ring (bicyclic) bond motifs is 1. The number of alkyl halides is 3. The number of carbonyl (C=O) groups excluding carboxylic acids is 1. The van der Waals surface area contributed by atoms with Crippen LogP contribution in [-0.2, 0) is 25.6 Å². The summed E-state index contributed by atoms with van der Waals surface area (Å²) in [6, 6.07) is 5.15. The summed E-state index contributed by atoms with van der Waals surface area (Å²) in [6.45, 7) is 0.380. The van der Waals surface area contributed by atoms with E-state index in [9.17, 15) is 22.8 Å². The normalized spacial score (nSPS) is 13.3. The van der Waals surface area contributed by atoms with Crippen LogP contribution in [0.1, 0.15) is 23.2 Å². The maximum atomic E-state index is 12.5. The summed E-state index contributed by atoms with van der Waals surface area (Å²) in [5.74, 6) is 0. The standard InChI is InChI=1S/C17H17F3N4O2/c18-17(19,20)12-4-6-13(7-5-12)22-16(26)21-8-9-24-15(25)10-11-2-1-3-14(11)23-24/h4-7,10H,1-3,8-9H2,(H2,21,22,26). The molecule has 0 unspecified atom stereocenters. The fraction of sp³-hybridized carbons (Fsp3) is 0.353. The van der Waals surface area contributed by atoms with Gasteiger partial charge in [0.15, 0.2) is 0 Å². The Kier molecular flexibility index (Phi) is 4.97. The van der Waals surface area contributed by atoms with E-state index in [1.165, 1.54) is 16.8 Å². The monoisotopic (exact) mass is 366 g/mol. The summed E-state index contributed by atoms with van der Waals surface area (Å²) in [5.41, 5.74) is 1.14. The van der Waals surface area contributed by atoms with Crippen LogP contribution in [0.25, 0.3) is 0 Å². The number of halogens is 3. The van der Waals surface area contributed by atoms with Gasteiger partial charge in [-0.2, -0.15) is 18.3 Å². The lowest BCUT2D eigenvalue weighted by atomic mass is 10.2. The second-order valence-corrected chi connectivity index (χ2v) is 5.99. The van der Waals surface area contributed by atoms with Crippen molar-refractivity contribution in [1.82, 2.24) is 15.1 Å². The highest BCUT2D eigenvalue weighted by Crippen LogP contribution is 2.29. The Hall–Kier alpha value is -2.84. The first-order valence-electron chi connectivity index (χ1n) is 8.15. The van der Waals surface area contributed by atoms with Gasteiger partial charge in [0.2, 0.25) is 0 Å². The Labute approximate surface area is 147 Å². The molecule has 0 aliphatic heterocycles. The maximum absolute atomic E-state index is 12.5. The summed E-state index contributed by atoms with van der Waals surface area (Å²) in [6.07, 6.45) is -1.72. The number of urea groups is 1. The van der Waals surface area contributed by atoms with Crippen LogP contribution in [0.3, 0.4) is 0 Å². The molecule has 0 spiro atoms. The first-order valence-corrected chi connectivity index (χ1v) is 8.15. The molecule has 1 heterocycles. The SMILES string of the molecule is O=C(NCCn1nc2c(cc1=O)CCC2)Nc1ccc(C(F)(F)F)cc1. The van der Waals surface area contributed by atoms with Gasteiger partial charge in [0.1, 0.15) is 0 Å². The number of aryl methyl sites for hydroxylation is 2. The van der Waals surface area contributed by atoms with E-state index in [0.29, 0.717) is 0 Å². The molecule has 0 saturated carbocycles. The van der Waals surface area contributed by atoms with Gasteiger partial charge in [-0.15, -0.1) is 0 Å². The van der Waals surface area contributed by atoms with Crippen LogP contribution in [0.5, 0.6) is 0 Å². The third-order valence-corrected chi connectivity index (χ3v) is 4.10. The van der Waals surface area contributed by atoms with Crippen LogP contribution in [0, 0.1) is 0 Å². The Morgan fingerprint density at radius 1 is 1.19 bits per heavy atom. The van der Waals surface area contributed by atoms with E-state index in [0.717, 1.165) is 42.7 Å². The zero-order chi connectivity index (χ0) is 18.7. The van der Waals surface area contributed by atoms with E-state index in [4.69, 9.17) is 0 Å². The Bertz CT molecular complexity index is 860. The van der Waals surface area contributed by atoms with Gasteiger partial charge in [0.25, 0.3) is 5.56 Å². The Morgan fingerprint density at radius 3 is 2.62 bits per heavy atom. The number of hydrogen-bond donors (Lipinski definition) is 2. The summed E-state index contributed by atoms with van der Waals surface area (Å²) >= 11 is 0. The lowest BCUT2D eigenvalue weighted by molar-refractivity contribution is -0.137. The minimum Gasteiger partial charge on any atom is -0.336 e. The van der Waals surface area contributed by atoms with Crippen molar-refractivity contribution in [3.05, 3.63) is 57.5 Å². The predicted octanol–water partition coefficient (Wildman–Crippen LogP) is 2.57. The molecule has 1 aliphatic rings. The first-order chi connectivity index (χ1) is 12.3. The van der Waals surface area contributed by atoms with Gasteiger partial charge in [0.05, 0.1) is 17.8 Å². The Morgan fingerprint density at radius 2 is 1.92 bits per heavy atom. The number of benzene rings is 1. The second-order valence-electron chi connectivity index (χ2n) is 5.99. The smallest absolute Gasteiger partial charge is 0.336 e. The van der Waals surface area contributed by atoms with Crippen LogP contribution in [-0.4, -0.2) is 22.4 Å². The molecule has 0 fully saturated rings. The number of rotatable bonds is 4. The second kappa shape index (κ2) is 7.19. The molecular weight excluding hydrogens is 349 g/mol. The van der Waals surface area contributed by atoms with Crippen molar-refractivity contribution in [3.63, 3.8) is 0 Å². The zero-order valence-electron chi connectivity index (χ0n) is 13.8. The van der Waals surface area contributed by atoms with Gasteiger partial charge in [-0.05, 0) is 49.1 Å². The van der Waals surface area contributed by atoms with E-state index < -0.39 is 17.8 Å². The summed E-state index contributed by atoms with van der Waals surface area (Å²) in [4.78, 5) is 23.7. The van der Waals surface area contributed by atoms with Crippen molar-refractivity contribution in [2.45, 2.75) is 32.0 Å². The number of carbonyl (C=O) groups is 1. The Balaban J connectivity index is 1.51. The molecule has 2 aromatic rings. The van der Waals surface area contributed by atoms with Gasteiger partial charge >= 0.3 is 12.2 Å². The maximum Gasteiger partial charge on any atom is 0.416 e. The van der Waals surface area contributed by atoms with Gasteiger partial charge < -0.3 is 10.6 Å². The van der Waals surface area contributed by atoms with Gasteiger partial charge in [0, 0.05) is 18.3 Å². The molecule has 0 atom stereocenters. The minimum absolute atomic E-state index is 0.165. The van der Waals surface area contributed by atoms with Crippen LogP contribution in [0.2, 0.25) is 0 Å². The van der Waals surface area contributed by atoms with E-state index in [1.807, 2.05) is 0 Å². The minimum atomic E-state index is -4.42. The highest BCUT2D eigenvalue weighted by Gasteiger charge is 2.29. The van der Waals surface area contributed by atoms with Gasteiger partial charge in [-0.1, -0.05) is 0 Å². The van der Waals surface area contributed by atoms with Crippen molar-refractivity contribution < 1.29 is 18.0 Å². The van der Waals surface area contributed by atoms with Gasteiger partial charge in [-0.25, -0.2) is 9.48 Å². The molecule has 6 nitrogen and oxygen atoms in total. The molecule has 1 aliphatic carbocycles. The molecule has 1 aromatic heterocycles. The summed E-state index contributed by atoms with van der Waals surface area (Å²) in [7, 11) is 0. The third kappa shape index (κ3) is 4.22. The lowest BCUT2D eigenvalue weighted by Crippen LogP contribution is -2.34. The molecule has 3 rings (SSSR count). The van der Waals surface area contributed by atoms with Crippen LogP contribution >= 0.6 is 0 Å². The van der Waals surface area contributed by atoms with Crippen LogP contribution in [0.4, 0.5) is 23.7 Å². The highest BCUT2D eigenvalue weighted by atomic mass is 19.4. The average Bonchev–Trinajstić information content (AvgIpc) is 3.01. The highest BCUT2D eigenvalue weighted by molar-refractivity contribution is 5.89. The molecule has 2 N–H and O–H groups in total. The van der Waals surface area contributed by atoms with E-state index in [1.54, 1.807) is 6.07 Å². The van der Waals surface area contributed by atoms with Crippen LogP contribution in [0.15, 0.2) is 35.1 Å². The number of nitrogens with zero attached hydrogens (tertiary/aromatic N) is 2. The molecule has 138 valence electrons. The molecule has 2 amide bonds. The van der Waals surface area contributed by atoms with Crippen molar-refractivity contribution in [2.24, 2.45) is 0 Å². The molecule has 26 heavy (non-hydrogen) atoms. The predicted molar refractivity (Wildman–Crippen MR) is 89.0 cm³/mol. The first kappa shape index (κ1) is 18.0. The molecule has 1 aromatic carbocycles. The number of aromatic nitrogens is 2. The number of anilines is 1.